The Labute approximate surface area is 66.2 Å². The van der Waals surface area contributed by atoms with E-state index in [0.29, 0.717) is 5.75 Å². The maximum atomic E-state index is 12.2. The second kappa shape index (κ2) is 3.54. The lowest BCUT2D eigenvalue weighted by atomic mass is 10.3. The van der Waals surface area contributed by atoms with Gasteiger partial charge >= 0.3 is 0 Å². The van der Waals surface area contributed by atoms with Crippen LogP contribution in [0.15, 0.2) is 24.3 Å². The SMILES string of the molecule is Oc1cccc(OC(F)P)c1. The normalized spacial score (nSPS) is 12.5. The Hall–Kier alpha value is -0.820. The molecule has 2 nitrogen and oxygen atoms in total. The van der Waals surface area contributed by atoms with E-state index in [1.807, 2.05) is 9.24 Å². The van der Waals surface area contributed by atoms with Gasteiger partial charge in [0.25, 0.3) is 0 Å². The van der Waals surface area contributed by atoms with E-state index >= 15 is 0 Å². The summed E-state index contributed by atoms with van der Waals surface area (Å²) < 4.78 is 16.8. The van der Waals surface area contributed by atoms with E-state index in [9.17, 15) is 4.39 Å². The van der Waals surface area contributed by atoms with Crippen molar-refractivity contribution in [3.63, 3.8) is 0 Å². The van der Waals surface area contributed by atoms with Crippen LogP contribution in [0.3, 0.4) is 0 Å². The number of phenols is 1. The van der Waals surface area contributed by atoms with Gasteiger partial charge in [0.2, 0.25) is 6.10 Å². The van der Waals surface area contributed by atoms with Crippen LogP contribution in [0.5, 0.6) is 11.5 Å². The molecule has 0 aliphatic carbocycles. The fourth-order valence-corrected chi connectivity index (χ4v) is 0.844. The minimum atomic E-state index is -1.43. The van der Waals surface area contributed by atoms with Crippen molar-refractivity contribution in [2.45, 2.75) is 6.10 Å². The van der Waals surface area contributed by atoms with E-state index < -0.39 is 6.10 Å². The van der Waals surface area contributed by atoms with Crippen molar-refractivity contribution in [1.29, 1.82) is 0 Å². The van der Waals surface area contributed by atoms with Crippen LogP contribution in [0.4, 0.5) is 4.39 Å². The Bertz CT molecular complexity index is 240. The number of halogens is 1. The summed E-state index contributed by atoms with van der Waals surface area (Å²) in [7, 11) is 1.85. The van der Waals surface area contributed by atoms with Crippen LogP contribution in [0.2, 0.25) is 0 Å². The second-order valence-corrected chi connectivity index (χ2v) is 2.49. The lowest BCUT2D eigenvalue weighted by Crippen LogP contribution is -1.98. The molecule has 11 heavy (non-hydrogen) atoms. The fraction of sp³-hybridized carbons (Fsp3) is 0.143. The predicted octanol–water partition coefficient (Wildman–Crippen LogP) is 1.90. The molecule has 0 heterocycles. The van der Waals surface area contributed by atoms with Crippen LogP contribution < -0.4 is 4.74 Å². The van der Waals surface area contributed by atoms with E-state index in [1.165, 1.54) is 12.1 Å². The van der Waals surface area contributed by atoms with Crippen molar-refractivity contribution in [3.05, 3.63) is 24.3 Å². The second-order valence-electron chi connectivity index (χ2n) is 1.97. The summed E-state index contributed by atoms with van der Waals surface area (Å²) in [6, 6.07) is 5.98. The molecule has 4 heteroatoms. The average molecular weight is 174 g/mol. The highest BCUT2D eigenvalue weighted by molar-refractivity contribution is 7.16. The molecule has 0 aromatic heterocycles. The molecule has 0 radical (unpaired) electrons. The summed E-state index contributed by atoms with van der Waals surface area (Å²) in [5, 5.41) is 8.92. The lowest BCUT2D eigenvalue weighted by Gasteiger charge is -2.05. The molecule has 0 spiro atoms. The van der Waals surface area contributed by atoms with Gasteiger partial charge in [0.05, 0.1) is 0 Å². The molecule has 1 aromatic rings. The van der Waals surface area contributed by atoms with Crippen LogP contribution in [0.25, 0.3) is 0 Å². The van der Waals surface area contributed by atoms with Crippen LogP contribution in [0, 0.1) is 0 Å². The Morgan fingerprint density at radius 2 is 2.27 bits per heavy atom. The van der Waals surface area contributed by atoms with Crippen LogP contribution >= 0.6 is 9.24 Å². The van der Waals surface area contributed by atoms with Gasteiger partial charge in [0, 0.05) is 6.07 Å². The van der Waals surface area contributed by atoms with E-state index in [2.05, 4.69) is 4.74 Å². The summed E-state index contributed by atoms with van der Waals surface area (Å²) in [5.41, 5.74) is 0. The zero-order valence-electron chi connectivity index (χ0n) is 5.70. The molecular formula is C7H8FO2P. The van der Waals surface area contributed by atoms with Gasteiger partial charge in [0.1, 0.15) is 11.5 Å². The summed E-state index contributed by atoms with van der Waals surface area (Å²) in [5.74, 6) is 0.376. The molecule has 0 aliphatic rings. The molecule has 60 valence electrons. The van der Waals surface area contributed by atoms with Crippen molar-refractivity contribution < 1.29 is 14.2 Å². The standard InChI is InChI=1S/C7H8FO2P/c8-7(11)10-6-3-1-2-5(9)4-6/h1-4,7,9H,11H2. The first kappa shape index (κ1) is 8.28. The molecule has 0 saturated heterocycles. The fourth-order valence-electron chi connectivity index (χ4n) is 0.687. The van der Waals surface area contributed by atoms with Crippen molar-refractivity contribution in [3.8, 4) is 11.5 Å². The van der Waals surface area contributed by atoms with Crippen LogP contribution in [-0.4, -0.2) is 11.2 Å². The maximum Gasteiger partial charge on any atom is 0.249 e. The number of hydrogen-bond acceptors (Lipinski definition) is 2. The summed E-state index contributed by atoms with van der Waals surface area (Å²) in [6.07, 6.45) is -1.43. The largest absolute Gasteiger partial charge is 0.508 e. The van der Waals surface area contributed by atoms with Gasteiger partial charge in [0.15, 0.2) is 0 Å². The van der Waals surface area contributed by atoms with Gasteiger partial charge in [-0.1, -0.05) is 15.3 Å². The highest BCUT2D eigenvalue weighted by Gasteiger charge is 1.99. The first-order valence-corrected chi connectivity index (χ1v) is 3.70. The van der Waals surface area contributed by atoms with Crippen molar-refractivity contribution in [2.24, 2.45) is 0 Å². The molecule has 2 unspecified atom stereocenters. The number of alkyl halides is 1. The molecule has 1 N–H and O–H groups in total. The number of hydrogen-bond donors (Lipinski definition) is 1. The van der Waals surface area contributed by atoms with Crippen LogP contribution in [0.1, 0.15) is 0 Å². The number of rotatable bonds is 2. The summed E-state index contributed by atoms with van der Waals surface area (Å²) >= 11 is 0. The maximum absolute atomic E-state index is 12.2. The molecule has 0 aliphatic heterocycles. The smallest absolute Gasteiger partial charge is 0.249 e. The number of aromatic hydroxyl groups is 1. The van der Waals surface area contributed by atoms with Crippen molar-refractivity contribution >= 4 is 9.24 Å². The van der Waals surface area contributed by atoms with Crippen LogP contribution in [-0.2, 0) is 0 Å². The summed E-state index contributed by atoms with van der Waals surface area (Å²) in [4.78, 5) is 0. The Balaban J connectivity index is 2.71. The van der Waals surface area contributed by atoms with Crippen molar-refractivity contribution in [2.75, 3.05) is 0 Å². The molecule has 2 atom stereocenters. The minimum Gasteiger partial charge on any atom is -0.508 e. The van der Waals surface area contributed by atoms with E-state index in [0.717, 1.165) is 0 Å². The van der Waals surface area contributed by atoms with Gasteiger partial charge in [-0.3, -0.25) is 0 Å². The third-order valence-electron chi connectivity index (χ3n) is 1.07. The quantitative estimate of drug-likeness (QED) is 0.694. The predicted molar refractivity (Wildman–Crippen MR) is 43.3 cm³/mol. The molecule has 1 rings (SSSR count). The lowest BCUT2D eigenvalue weighted by molar-refractivity contribution is 0.153. The van der Waals surface area contributed by atoms with Gasteiger partial charge in [-0.05, 0) is 12.1 Å². The van der Waals surface area contributed by atoms with E-state index in [4.69, 9.17) is 5.11 Å². The van der Waals surface area contributed by atoms with Gasteiger partial charge < -0.3 is 9.84 Å². The average Bonchev–Trinajstić information content (AvgIpc) is 1.85. The Morgan fingerprint density at radius 1 is 1.55 bits per heavy atom. The number of benzene rings is 1. The van der Waals surface area contributed by atoms with Gasteiger partial charge in [-0.15, -0.1) is 0 Å². The molecule has 0 bridgehead atoms. The molecule has 0 amide bonds. The molecule has 0 saturated carbocycles. The molecular weight excluding hydrogens is 166 g/mol. The molecule has 0 fully saturated rings. The minimum absolute atomic E-state index is 0.0631. The number of ether oxygens (including phenoxy) is 1. The number of phenolic OH excluding ortho intramolecular Hbond substituents is 1. The van der Waals surface area contributed by atoms with Gasteiger partial charge in [-0.25, -0.2) is 0 Å². The third kappa shape index (κ3) is 2.72. The highest BCUT2D eigenvalue weighted by Crippen LogP contribution is 2.20. The zero-order chi connectivity index (χ0) is 8.27. The third-order valence-corrected chi connectivity index (χ3v) is 1.20. The zero-order valence-corrected chi connectivity index (χ0v) is 6.85. The molecule has 1 aromatic carbocycles. The van der Waals surface area contributed by atoms with Gasteiger partial charge in [-0.2, -0.15) is 4.39 Å². The van der Waals surface area contributed by atoms with Crippen molar-refractivity contribution in [1.82, 2.24) is 0 Å². The Kier molecular flexibility index (Phi) is 2.66. The van der Waals surface area contributed by atoms with E-state index in [1.54, 1.807) is 12.1 Å². The topological polar surface area (TPSA) is 29.5 Å². The Morgan fingerprint density at radius 3 is 2.82 bits per heavy atom. The first-order chi connectivity index (χ1) is 5.18. The van der Waals surface area contributed by atoms with E-state index in [-0.39, 0.29) is 5.75 Å². The summed E-state index contributed by atoms with van der Waals surface area (Å²) in [6.45, 7) is 0. The first-order valence-electron chi connectivity index (χ1n) is 3.04. The monoisotopic (exact) mass is 174 g/mol. The highest BCUT2D eigenvalue weighted by atomic mass is 31.0.